The quantitative estimate of drug-likeness (QED) is 0.765. The summed E-state index contributed by atoms with van der Waals surface area (Å²) in [4.78, 5) is 0. The molecule has 16 heavy (non-hydrogen) atoms. The average Bonchev–Trinajstić information content (AvgIpc) is 2.14. The molecule has 0 N–H and O–H groups in total. The summed E-state index contributed by atoms with van der Waals surface area (Å²) in [5.74, 6) is 0.162. The topological polar surface area (TPSA) is 43.4 Å². The van der Waals surface area contributed by atoms with Crippen LogP contribution in [0.5, 0.6) is 5.75 Å². The van der Waals surface area contributed by atoms with Crippen LogP contribution in [-0.4, -0.2) is 21.3 Å². The molecule has 3 nitrogen and oxygen atoms in total. The molecule has 0 aliphatic carbocycles. The molecule has 0 unspecified atom stereocenters. The van der Waals surface area contributed by atoms with Crippen molar-refractivity contribution in [3.05, 3.63) is 29.8 Å². The third-order valence-corrected chi connectivity index (χ3v) is 3.47. The molecule has 0 radical (unpaired) electrons. The smallest absolute Gasteiger partial charge is 0.303 e. The fourth-order valence-electron chi connectivity index (χ4n) is 1.56. The lowest BCUT2D eigenvalue weighted by Gasteiger charge is -2.23. The van der Waals surface area contributed by atoms with Crippen LogP contribution in [0.1, 0.15) is 19.4 Å². The lowest BCUT2D eigenvalue weighted by molar-refractivity contribution is 0.414. The van der Waals surface area contributed by atoms with Crippen molar-refractivity contribution in [2.24, 2.45) is 0 Å². The molecule has 1 rings (SSSR count). The van der Waals surface area contributed by atoms with Gasteiger partial charge in [0.25, 0.3) is 0 Å². The molecule has 0 aliphatic rings. The SMILES string of the molecule is COc1ccc(C(C)(C)CS(=O)(=O)F)cc1. The van der Waals surface area contributed by atoms with Gasteiger partial charge in [0, 0.05) is 5.41 Å². The van der Waals surface area contributed by atoms with Gasteiger partial charge in [0.05, 0.1) is 12.9 Å². The van der Waals surface area contributed by atoms with Gasteiger partial charge in [-0.2, -0.15) is 8.42 Å². The first-order chi connectivity index (χ1) is 7.24. The first-order valence-corrected chi connectivity index (χ1v) is 6.37. The van der Waals surface area contributed by atoms with Crippen molar-refractivity contribution in [1.29, 1.82) is 0 Å². The van der Waals surface area contributed by atoms with E-state index >= 15 is 0 Å². The minimum absolute atomic E-state index is 0.521. The van der Waals surface area contributed by atoms with Crippen molar-refractivity contribution >= 4 is 10.2 Å². The maximum Gasteiger partial charge on any atom is 0.303 e. The molecule has 0 spiro atoms. The van der Waals surface area contributed by atoms with Crippen LogP contribution in [0.25, 0.3) is 0 Å². The normalized spacial score (nSPS) is 12.5. The van der Waals surface area contributed by atoms with E-state index in [4.69, 9.17) is 4.74 Å². The van der Waals surface area contributed by atoms with Gasteiger partial charge in [0.1, 0.15) is 5.75 Å². The maximum atomic E-state index is 12.7. The van der Waals surface area contributed by atoms with E-state index in [1.165, 1.54) is 0 Å². The second kappa shape index (κ2) is 4.41. The maximum absolute atomic E-state index is 12.7. The number of methoxy groups -OCH3 is 1. The zero-order valence-corrected chi connectivity index (χ0v) is 10.3. The van der Waals surface area contributed by atoms with Gasteiger partial charge in [-0.05, 0) is 17.7 Å². The molecular formula is C11H15FO3S. The highest BCUT2D eigenvalue weighted by atomic mass is 32.3. The number of benzene rings is 1. The van der Waals surface area contributed by atoms with E-state index in [0.29, 0.717) is 5.75 Å². The third-order valence-electron chi connectivity index (χ3n) is 2.40. The Morgan fingerprint density at radius 3 is 2.12 bits per heavy atom. The van der Waals surface area contributed by atoms with Crippen LogP contribution in [0.15, 0.2) is 24.3 Å². The number of halogens is 1. The average molecular weight is 246 g/mol. The molecular weight excluding hydrogens is 231 g/mol. The molecule has 0 atom stereocenters. The Hall–Kier alpha value is -1.10. The number of hydrogen-bond donors (Lipinski definition) is 0. The van der Waals surface area contributed by atoms with E-state index in [2.05, 4.69) is 0 Å². The lowest BCUT2D eigenvalue weighted by atomic mass is 9.87. The fraction of sp³-hybridized carbons (Fsp3) is 0.455. The van der Waals surface area contributed by atoms with Gasteiger partial charge in [0.2, 0.25) is 0 Å². The van der Waals surface area contributed by atoms with Gasteiger partial charge in [-0.3, -0.25) is 0 Å². The molecule has 1 aromatic rings. The number of ether oxygens (including phenoxy) is 1. The van der Waals surface area contributed by atoms with Crippen molar-refractivity contribution in [3.63, 3.8) is 0 Å². The first kappa shape index (κ1) is 13.0. The lowest BCUT2D eigenvalue weighted by Crippen LogP contribution is -2.26. The standard InChI is InChI=1S/C11H15FO3S/c1-11(2,8-16(12,13)14)9-4-6-10(15-3)7-5-9/h4-7H,8H2,1-3H3. The first-order valence-electron chi connectivity index (χ1n) is 4.81. The van der Waals surface area contributed by atoms with Crippen molar-refractivity contribution in [3.8, 4) is 5.75 Å². The Kier molecular flexibility index (Phi) is 3.57. The summed E-state index contributed by atoms with van der Waals surface area (Å²) in [7, 11) is -2.93. The predicted molar refractivity (Wildman–Crippen MR) is 60.9 cm³/mol. The van der Waals surface area contributed by atoms with Crippen molar-refractivity contribution < 1.29 is 17.0 Å². The number of rotatable bonds is 4. The van der Waals surface area contributed by atoms with Crippen LogP contribution < -0.4 is 4.74 Å². The van der Waals surface area contributed by atoms with Crippen LogP contribution in [-0.2, 0) is 15.6 Å². The minimum atomic E-state index is -4.48. The highest BCUT2D eigenvalue weighted by Crippen LogP contribution is 2.27. The fourth-order valence-corrected chi connectivity index (χ4v) is 2.59. The molecule has 0 aromatic heterocycles. The van der Waals surface area contributed by atoms with Crippen LogP contribution >= 0.6 is 0 Å². The van der Waals surface area contributed by atoms with E-state index < -0.39 is 21.4 Å². The molecule has 0 saturated heterocycles. The molecule has 90 valence electrons. The Morgan fingerprint density at radius 2 is 1.75 bits per heavy atom. The molecule has 0 fully saturated rings. The van der Waals surface area contributed by atoms with Gasteiger partial charge in [0.15, 0.2) is 0 Å². The summed E-state index contributed by atoms with van der Waals surface area (Å²) in [5, 5.41) is 0. The molecule has 0 saturated carbocycles. The van der Waals surface area contributed by atoms with Crippen LogP contribution in [0.4, 0.5) is 3.89 Å². The van der Waals surface area contributed by atoms with Crippen molar-refractivity contribution in [2.45, 2.75) is 19.3 Å². The summed E-state index contributed by atoms with van der Waals surface area (Å²) in [6.07, 6.45) is 0. The Morgan fingerprint density at radius 1 is 1.25 bits per heavy atom. The van der Waals surface area contributed by atoms with Gasteiger partial charge in [-0.1, -0.05) is 26.0 Å². The molecule has 0 bridgehead atoms. The highest BCUT2D eigenvalue weighted by Gasteiger charge is 2.27. The monoisotopic (exact) mass is 246 g/mol. The van der Waals surface area contributed by atoms with Gasteiger partial charge in [-0.25, -0.2) is 0 Å². The second-order valence-corrected chi connectivity index (χ2v) is 5.66. The zero-order valence-electron chi connectivity index (χ0n) is 9.53. The molecule has 1 aromatic carbocycles. The summed E-state index contributed by atoms with van der Waals surface area (Å²) in [6.45, 7) is 3.37. The molecule has 5 heteroatoms. The molecule has 0 aliphatic heterocycles. The highest BCUT2D eigenvalue weighted by molar-refractivity contribution is 7.86. The third kappa shape index (κ3) is 3.48. The van der Waals surface area contributed by atoms with E-state index in [1.54, 1.807) is 45.2 Å². The van der Waals surface area contributed by atoms with E-state index in [9.17, 15) is 12.3 Å². The van der Waals surface area contributed by atoms with Gasteiger partial charge in [-0.15, -0.1) is 3.89 Å². The number of hydrogen-bond acceptors (Lipinski definition) is 3. The summed E-state index contributed by atoms with van der Waals surface area (Å²) < 4.78 is 39.0. The Bertz CT molecular complexity index is 449. The largest absolute Gasteiger partial charge is 0.497 e. The summed E-state index contributed by atoms with van der Waals surface area (Å²) in [6, 6.07) is 6.93. The summed E-state index contributed by atoms with van der Waals surface area (Å²) >= 11 is 0. The predicted octanol–water partition coefficient (Wildman–Crippen LogP) is 2.27. The van der Waals surface area contributed by atoms with E-state index in [-0.39, 0.29) is 0 Å². The summed E-state index contributed by atoms with van der Waals surface area (Å²) in [5.41, 5.74) is 0.00868. The molecule has 0 amide bonds. The van der Waals surface area contributed by atoms with Crippen LogP contribution in [0, 0.1) is 0 Å². The van der Waals surface area contributed by atoms with E-state index in [1.807, 2.05) is 0 Å². The van der Waals surface area contributed by atoms with Crippen molar-refractivity contribution in [1.82, 2.24) is 0 Å². The Balaban J connectivity index is 2.98. The van der Waals surface area contributed by atoms with E-state index in [0.717, 1.165) is 5.56 Å². The Labute approximate surface area is 95.5 Å². The van der Waals surface area contributed by atoms with Crippen LogP contribution in [0.3, 0.4) is 0 Å². The molecule has 0 heterocycles. The van der Waals surface area contributed by atoms with Crippen LogP contribution in [0.2, 0.25) is 0 Å². The van der Waals surface area contributed by atoms with Gasteiger partial charge >= 0.3 is 10.2 Å². The zero-order chi connectivity index (χ0) is 12.4. The van der Waals surface area contributed by atoms with Crippen molar-refractivity contribution in [2.75, 3.05) is 12.9 Å². The second-order valence-electron chi connectivity index (χ2n) is 4.30. The van der Waals surface area contributed by atoms with Gasteiger partial charge < -0.3 is 4.74 Å². The minimum Gasteiger partial charge on any atom is -0.497 e.